The monoisotopic (exact) mass is 201 g/mol. The van der Waals surface area contributed by atoms with E-state index in [-0.39, 0.29) is 0 Å². The third kappa shape index (κ3) is 2.07. The van der Waals surface area contributed by atoms with E-state index in [0.717, 1.165) is 28.2 Å². The van der Waals surface area contributed by atoms with Gasteiger partial charge in [-0.3, -0.25) is 0 Å². The lowest BCUT2D eigenvalue weighted by Gasteiger charge is -1.93. The largest absolute Gasteiger partial charge is 0.478 e. The number of hydrogen-bond donors (Lipinski definition) is 2. The zero-order valence-electron chi connectivity index (χ0n) is 8.32. The highest BCUT2D eigenvalue weighted by Crippen LogP contribution is 2.17. The quantitative estimate of drug-likeness (QED) is 0.734. The lowest BCUT2D eigenvalue weighted by molar-refractivity contribution is -0.131. The normalized spacial score (nSPS) is 11.3. The van der Waals surface area contributed by atoms with Crippen LogP contribution in [0.4, 0.5) is 0 Å². The molecule has 0 radical (unpaired) electrons. The van der Waals surface area contributed by atoms with Crippen LogP contribution in [-0.2, 0) is 4.79 Å². The lowest BCUT2D eigenvalue weighted by atomic mass is 10.1. The highest BCUT2D eigenvalue weighted by atomic mass is 16.4. The van der Waals surface area contributed by atoms with Gasteiger partial charge in [0, 0.05) is 22.7 Å². The lowest BCUT2D eigenvalue weighted by Crippen LogP contribution is -1.85. The van der Waals surface area contributed by atoms with Gasteiger partial charge in [0.1, 0.15) is 0 Å². The van der Waals surface area contributed by atoms with Crippen LogP contribution < -0.4 is 0 Å². The summed E-state index contributed by atoms with van der Waals surface area (Å²) in [5, 5.41) is 9.60. The number of fused-ring (bicyclic) bond motifs is 1. The summed E-state index contributed by atoms with van der Waals surface area (Å²) in [6, 6.07) is 7.83. The molecule has 1 heterocycles. The van der Waals surface area contributed by atoms with Crippen molar-refractivity contribution >= 4 is 22.9 Å². The summed E-state index contributed by atoms with van der Waals surface area (Å²) >= 11 is 0. The fraction of sp³-hybridized carbons (Fsp3) is 0.0833. The van der Waals surface area contributed by atoms with E-state index in [4.69, 9.17) is 5.11 Å². The predicted octanol–water partition coefficient (Wildman–Crippen LogP) is 2.57. The van der Waals surface area contributed by atoms with Crippen LogP contribution in [0.1, 0.15) is 11.3 Å². The van der Waals surface area contributed by atoms with Crippen LogP contribution >= 0.6 is 0 Å². The first kappa shape index (κ1) is 9.52. The van der Waals surface area contributed by atoms with Crippen LogP contribution in [0, 0.1) is 6.92 Å². The van der Waals surface area contributed by atoms with E-state index < -0.39 is 5.97 Å². The molecule has 15 heavy (non-hydrogen) atoms. The van der Waals surface area contributed by atoms with Gasteiger partial charge in [0.2, 0.25) is 0 Å². The summed E-state index contributed by atoms with van der Waals surface area (Å²) in [6.45, 7) is 1.99. The average molecular weight is 201 g/mol. The Morgan fingerprint density at radius 1 is 1.40 bits per heavy atom. The van der Waals surface area contributed by atoms with E-state index in [2.05, 4.69) is 4.98 Å². The molecule has 0 unspecified atom stereocenters. The smallest absolute Gasteiger partial charge is 0.328 e. The molecule has 0 aliphatic heterocycles. The number of aliphatic carboxylic acids is 1. The Morgan fingerprint density at radius 2 is 2.20 bits per heavy atom. The molecule has 1 aromatic heterocycles. The Balaban J connectivity index is 2.42. The van der Waals surface area contributed by atoms with Crippen LogP contribution in [0.5, 0.6) is 0 Å². The van der Waals surface area contributed by atoms with Crippen LogP contribution in [-0.4, -0.2) is 16.1 Å². The first-order chi connectivity index (χ1) is 7.15. The average Bonchev–Trinajstić information content (AvgIpc) is 2.53. The van der Waals surface area contributed by atoms with Crippen LogP contribution in [0.25, 0.3) is 17.0 Å². The SMILES string of the molecule is Cc1cc2cc(/C=C/C(=O)O)ccc2[nH]1. The fourth-order valence-corrected chi connectivity index (χ4v) is 1.57. The maximum absolute atomic E-state index is 10.3. The molecule has 0 saturated heterocycles. The van der Waals surface area contributed by atoms with Gasteiger partial charge < -0.3 is 10.1 Å². The Hall–Kier alpha value is -2.03. The van der Waals surface area contributed by atoms with Gasteiger partial charge in [-0.05, 0) is 36.8 Å². The molecule has 2 rings (SSSR count). The van der Waals surface area contributed by atoms with E-state index in [0.29, 0.717) is 0 Å². The van der Waals surface area contributed by atoms with Crippen molar-refractivity contribution < 1.29 is 9.90 Å². The van der Waals surface area contributed by atoms with E-state index in [1.54, 1.807) is 6.08 Å². The molecule has 0 atom stereocenters. The number of nitrogens with one attached hydrogen (secondary N) is 1. The number of carboxylic acids is 1. The minimum absolute atomic E-state index is 0.893. The van der Waals surface area contributed by atoms with Gasteiger partial charge in [-0.2, -0.15) is 0 Å². The zero-order valence-corrected chi connectivity index (χ0v) is 8.32. The summed E-state index contributed by atoms with van der Waals surface area (Å²) in [5.74, 6) is -0.930. The van der Waals surface area contributed by atoms with Gasteiger partial charge in [-0.15, -0.1) is 0 Å². The first-order valence-corrected chi connectivity index (χ1v) is 4.65. The fourth-order valence-electron chi connectivity index (χ4n) is 1.57. The third-order valence-corrected chi connectivity index (χ3v) is 2.20. The number of carboxylic acid groups (broad SMARTS) is 1. The molecule has 3 heteroatoms. The molecule has 2 aromatic rings. The molecule has 0 aliphatic carbocycles. The van der Waals surface area contributed by atoms with Crippen molar-refractivity contribution in [1.29, 1.82) is 0 Å². The van der Waals surface area contributed by atoms with Crippen molar-refractivity contribution in [3.8, 4) is 0 Å². The van der Waals surface area contributed by atoms with Gasteiger partial charge >= 0.3 is 5.97 Å². The highest BCUT2D eigenvalue weighted by Gasteiger charge is 1.97. The molecule has 3 nitrogen and oxygen atoms in total. The molecule has 0 spiro atoms. The minimum atomic E-state index is -0.930. The summed E-state index contributed by atoms with van der Waals surface area (Å²) in [5.41, 5.74) is 3.06. The Kier molecular flexibility index (Phi) is 2.29. The number of hydrogen-bond acceptors (Lipinski definition) is 1. The summed E-state index contributed by atoms with van der Waals surface area (Å²) < 4.78 is 0. The Labute approximate surface area is 87.0 Å². The number of aryl methyl sites for hydroxylation is 1. The van der Waals surface area contributed by atoms with Crippen molar-refractivity contribution in [1.82, 2.24) is 4.98 Å². The number of rotatable bonds is 2. The Morgan fingerprint density at radius 3 is 2.93 bits per heavy atom. The Bertz CT molecular complexity index is 538. The van der Waals surface area contributed by atoms with Gasteiger partial charge in [0.15, 0.2) is 0 Å². The first-order valence-electron chi connectivity index (χ1n) is 4.65. The molecule has 1 aromatic carbocycles. The maximum atomic E-state index is 10.3. The van der Waals surface area contributed by atoms with Crippen molar-refractivity contribution in [2.75, 3.05) is 0 Å². The van der Waals surface area contributed by atoms with Crippen LogP contribution in [0.3, 0.4) is 0 Å². The third-order valence-electron chi connectivity index (χ3n) is 2.20. The summed E-state index contributed by atoms with van der Waals surface area (Å²) in [7, 11) is 0. The minimum Gasteiger partial charge on any atom is -0.478 e. The van der Waals surface area contributed by atoms with E-state index >= 15 is 0 Å². The number of aromatic amines is 1. The van der Waals surface area contributed by atoms with Crippen molar-refractivity contribution in [3.63, 3.8) is 0 Å². The standard InChI is InChI=1S/C12H11NO2/c1-8-6-10-7-9(3-5-12(14)15)2-4-11(10)13-8/h2-7,13H,1H3,(H,14,15)/b5-3+. The van der Waals surface area contributed by atoms with Crippen molar-refractivity contribution in [3.05, 3.63) is 41.6 Å². The van der Waals surface area contributed by atoms with Gasteiger partial charge in [0.25, 0.3) is 0 Å². The van der Waals surface area contributed by atoms with Gasteiger partial charge in [-0.25, -0.2) is 4.79 Å². The number of H-pyrrole nitrogens is 1. The molecule has 0 aliphatic rings. The molecular formula is C12H11NO2. The summed E-state index contributed by atoms with van der Waals surface area (Å²) in [4.78, 5) is 13.6. The predicted molar refractivity (Wildman–Crippen MR) is 59.7 cm³/mol. The second kappa shape index (κ2) is 3.61. The molecule has 76 valence electrons. The molecular weight excluding hydrogens is 190 g/mol. The van der Waals surface area contributed by atoms with Gasteiger partial charge in [0.05, 0.1) is 0 Å². The van der Waals surface area contributed by atoms with E-state index in [9.17, 15) is 4.79 Å². The summed E-state index contributed by atoms with van der Waals surface area (Å²) in [6.07, 6.45) is 2.73. The number of benzene rings is 1. The molecule has 0 bridgehead atoms. The van der Waals surface area contributed by atoms with Gasteiger partial charge in [-0.1, -0.05) is 6.07 Å². The molecule has 0 amide bonds. The zero-order chi connectivity index (χ0) is 10.8. The van der Waals surface area contributed by atoms with E-state index in [1.807, 2.05) is 31.2 Å². The molecule has 0 fully saturated rings. The van der Waals surface area contributed by atoms with Crippen LogP contribution in [0.15, 0.2) is 30.3 Å². The second-order valence-electron chi connectivity index (χ2n) is 3.47. The molecule has 0 saturated carbocycles. The highest BCUT2D eigenvalue weighted by molar-refractivity contribution is 5.88. The van der Waals surface area contributed by atoms with Crippen molar-refractivity contribution in [2.45, 2.75) is 6.92 Å². The second-order valence-corrected chi connectivity index (χ2v) is 3.47. The van der Waals surface area contributed by atoms with Crippen molar-refractivity contribution in [2.24, 2.45) is 0 Å². The maximum Gasteiger partial charge on any atom is 0.328 e. The number of aromatic nitrogens is 1. The van der Waals surface area contributed by atoms with Crippen LogP contribution in [0.2, 0.25) is 0 Å². The number of carbonyl (C=O) groups is 1. The topological polar surface area (TPSA) is 53.1 Å². The molecule has 2 N–H and O–H groups in total. The van der Waals surface area contributed by atoms with E-state index in [1.165, 1.54) is 0 Å².